The number of aliphatic hydroxyl groups excluding tert-OH is 2. The monoisotopic (exact) mass is 649 g/mol. The molecule has 4 atom stereocenters. The number of carbonyl (C=O) groups is 1. The average molecular weight is 650 g/mol. The van der Waals surface area contributed by atoms with Crippen LogP contribution in [0.3, 0.4) is 0 Å². The third kappa shape index (κ3) is 7.56. The van der Waals surface area contributed by atoms with E-state index in [1.165, 1.54) is 30.1 Å². The molecule has 0 spiro atoms. The first-order valence-corrected chi connectivity index (χ1v) is 16.5. The molecule has 0 saturated heterocycles. The van der Waals surface area contributed by atoms with E-state index in [0.29, 0.717) is 17.9 Å². The van der Waals surface area contributed by atoms with E-state index in [2.05, 4.69) is 15.6 Å². The number of alkyl carbamates (subject to hydrolysis) is 1. The summed E-state index contributed by atoms with van der Waals surface area (Å²) in [5.74, 6) is 0.400. The van der Waals surface area contributed by atoms with Gasteiger partial charge >= 0.3 is 6.09 Å². The number of carbonyl (C=O) groups excluding carboxylic acids is 1. The second-order valence-corrected chi connectivity index (χ2v) is 13.6. The maximum atomic E-state index is 13.9. The standard InChI is InChI=1S/C33H39N5O7S/c1-22(2)19-38(46(42,43)27-15-13-26(44-3)14-16-27)32(40)30(17-23-9-5-4-6-10-23)37-20-25(35-36-37)21-45-33(41)34-29-18-24-11-7-8-12-28(24)31(29)39/h4-16,20,22,29-32,39-40H,17-19,21H2,1-3H3,(H,34,41)/t29-,30-,31+,32-/m0/s1. The zero-order valence-electron chi connectivity index (χ0n) is 25.9. The number of fused-ring (bicyclic) bond motifs is 1. The van der Waals surface area contributed by atoms with Gasteiger partial charge in [0, 0.05) is 6.54 Å². The van der Waals surface area contributed by atoms with Gasteiger partial charge in [-0.2, -0.15) is 4.31 Å². The van der Waals surface area contributed by atoms with Gasteiger partial charge in [-0.05, 0) is 59.7 Å². The summed E-state index contributed by atoms with van der Waals surface area (Å²) in [5, 5.41) is 33.5. The fourth-order valence-electron chi connectivity index (χ4n) is 5.55. The summed E-state index contributed by atoms with van der Waals surface area (Å²) in [6.07, 6.45) is -0.849. The largest absolute Gasteiger partial charge is 0.497 e. The Bertz CT molecular complexity index is 1710. The molecule has 0 saturated carbocycles. The number of hydrogen-bond donors (Lipinski definition) is 3. The van der Waals surface area contributed by atoms with Gasteiger partial charge < -0.3 is 25.0 Å². The maximum Gasteiger partial charge on any atom is 0.407 e. The molecule has 1 aliphatic rings. The van der Waals surface area contributed by atoms with Gasteiger partial charge in [0.25, 0.3) is 0 Å². The van der Waals surface area contributed by atoms with Gasteiger partial charge in [-0.3, -0.25) is 0 Å². The van der Waals surface area contributed by atoms with E-state index in [9.17, 15) is 23.4 Å². The molecule has 0 fully saturated rings. The summed E-state index contributed by atoms with van der Waals surface area (Å²) >= 11 is 0. The average Bonchev–Trinajstić information content (AvgIpc) is 3.65. The van der Waals surface area contributed by atoms with Crippen LogP contribution in [0.15, 0.2) is 90.0 Å². The highest BCUT2D eigenvalue weighted by Crippen LogP contribution is 2.31. The number of rotatable bonds is 13. The van der Waals surface area contributed by atoms with Crippen LogP contribution in [0.1, 0.15) is 48.4 Å². The zero-order valence-corrected chi connectivity index (χ0v) is 26.7. The van der Waals surface area contributed by atoms with Crippen LogP contribution >= 0.6 is 0 Å². The van der Waals surface area contributed by atoms with Gasteiger partial charge in [0.1, 0.15) is 24.3 Å². The first-order valence-electron chi connectivity index (χ1n) is 15.0. The lowest BCUT2D eigenvalue weighted by Crippen LogP contribution is -2.47. The van der Waals surface area contributed by atoms with Gasteiger partial charge in [-0.1, -0.05) is 73.7 Å². The highest BCUT2D eigenvalue weighted by atomic mass is 32.2. The first-order chi connectivity index (χ1) is 22.1. The van der Waals surface area contributed by atoms with E-state index in [1.807, 2.05) is 68.4 Å². The molecule has 5 rings (SSSR count). The quantitative estimate of drug-likeness (QED) is 0.184. The van der Waals surface area contributed by atoms with Crippen molar-refractivity contribution in [2.75, 3.05) is 13.7 Å². The molecule has 1 amide bonds. The summed E-state index contributed by atoms with van der Waals surface area (Å²) in [6.45, 7) is 3.56. The molecule has 13 heteroatoms. The third-order valence-corrected chi connectivity index (χ3v) is 9.74. The second kappa shape index (κ2) is 14.4. The molecule has 12 nitrogen and oxygen atoms in total. The predicted molar refractivity (Wildman–Crippen MR) is 169 cm³/mol. The number of amides is 1. The number of nitrogens with one attached hydrogen (secondary N) is 1. The van der Waals surface area contributed by atoms with Crippen LogP contribution in [0.25, 0.3) is 0 Å². The van der Waals surface area contributed by atoms with Crippen LogP contribution in [0.4, 0.5) is 4.79 Å². The fourth-order valence-corrected chi connectivity index (χ4v) is 7.22. The Hall–Kier alpha value is -4.30. The Morgan fingerprint density at radius 3 is 2.43 bits per heavy atom. The van der Waals surface area contributed by atoms with Crippen molar-refractivity contribution < 1.29 is 32.9 Å². The molecule has 1 aliphatic carbocycles. The lowest BCUT2D eigenvalue weighted by atomic mass is 10.0. The van der Waals surface area contributed by atoms with Crippen molar-refractivity contribution in [1.29, 1.82) is 0 Å². The minimum atomic E-state index is -4.15. The van der Waals surface area contributed by atoms with Crippen molar-refractivity contribution in [3.05, 3.63) is 107 Å². The molecule has 0 aliphatic heterocycles. The van der Waals surface area contributed by atoms with Gasteiger partial charge in [0.2, 0.25) is 10.0 Å². The van der Waals surface area contributed by atoms with Crippen molar-refractivity contribution in [1.82, 2.24) is 24.6 Å². The number of hydrogen-bond acceptors (Lipinski definition) is 9. The number of aliphatic hydroxyl groups is 2. The van der Waals surface area contributed by atoms with E-state index in [1.54, 1.807) is 12.1 Å². The number of sulfonamides is 1. The van der Waals surface area contributed by atoms with Crippen LogP contribution in [-0.2, 0) is 34.2 Å². The Labute approximate surface area is 268 Å². The molecule has 1 aromatic heterocycles. The Balaban J connectivity index is 1.34. The molecule has 244 valence electrons. The molecule has 3 aromatic carbocycles. The van der Waals surface area contributed by atoms with E-state index in [4.69, 9.17) is 9.47 Å². The molecule has 0 bridgehead atoms. The van der Waals surface area contributed by atoms with E-state index < -0.39 is 40.5 Å². The summed E-state index contributed by atoms with van der Waals surface area (Å²) < 4.78 is 40.9. The summed E-state index contributed by atoms with van der Waals surface area (Å²) in [7, 11) is -2.65. The van der Waals surface area contributed by atoms with E-state index in [-0.39, 0.29) is 30.4 Å². The highest BCUT2D eigenvalue weighted by molar-refractivity contribution is 7.89. The lowest BCUT2D eigenvalue weighted by molar-refractivity contribution is 0.00570. The van der Waals surface area contributed by atoms with Crippen molar-refractivity contribution in [3.63, 3.8) is 0 Å². The van der Waals surface area contributed by atoms with Crippen LogP contribution in [-0.4, -0.2) is 69.9 Å². The highest BCUT2D eigenvalue weighted by Gasteiger charge is 2.37. The van der Waals surface area contributed by atoms with Gasteiger partial charge in [-0.25, -0.2) is 17.9 Å². The van der Waals surface area contributed by atoms with Gasteiger partial charge in [0.05, 0.1) is 36.4 Å². The first kappa shape index (κ1) is 33.1. The topological polar surface area (TPSA) is 156 Å². The fraction of sp³-hybridized carbons (Fsp3) is 0.364. The zero-order chi connectivity index (χ0) is 32.8. The molecular weight excluding hydrogens is 610 g/mol. The van der Waals surface area contributed by atoms with Crippen molar-refractivity contribution >= 4 is 16.1 Å². The number of ether oxygens (including phenoxy) is 2. The molecule has 3 N–H and O–H groups in total. The predicted octanol–water partition coefficient (Wildman–Crippen LogP) is 3.62. The third-order valence-electron chi connectivity index (χ3n) is 7.88. The van der Waals surface area contributed by atoms with Crippen LogP contribution in [0.5, 0.6) is 5.75 Å². The Morgan fingerprint density at radius 1 is 1.07 bits per heavy atom. The summed E-state index contributed by atoms with van der Waals surface area (Å²) in [6, 6.07) is 21.4. The van der Waals surface area contributed by atoms with Crippen LogP contribution in [0, 0.1) is 5.92 Å². The molecule has 1 heterocycles. The molecule has 0 radical (unpaired) electrons. The molecule has 0 unspecified atom stereocenters. The van der Waals surface area contributed by atoms with Crippen molar-refractivity contribution in [2.24, 2.45) is 5.92 Å². The Morgan fingerprint density at radius 2 is 1.76 bits per heavy atom. The summed E-state index contributed by atoms with van der Waals surface area (Å²) in [5.41, 5.74) is 2.89. The van der Waals surface area contributed by atoms with E-state index >= 15 is 0 Å². The Kier molecular flexibility index (Phi) is 10.4. The second-order valence-electron chi connectivity index (χ2n) is 11.7. The van der Waals surface area contributed by atoms with Gasteiger partial charge in [0.15, 0.2) is 0 Å². The molecule has 4 aromatic rings. The smallest absolute Gasteiger partial charge is 0.407 e. The maximum absolute atomic E-state index is 13.9. The van der Waals surface area contributed by atoms with Gasteiger partial charge in [-0.15, -0.1) is 5.10 Å². The number of aromatic nitrogens is 3. The van der Waals surface area contributed by atoms with Crippen molar-refractivity contribution in [3.8, 4) is 5.75 Å². The number of nitrogens with zero attached hydrogens (tertiary/aromatic N) is 4. The lowest BCUT2D eigenvalue weighted by Gasteiger charge is -2.33. The van der Waals surface area contributed by atoms with Crippen LogP contribution < -0.4 is 10.1 Å². The number of methoxy groups -OCH3 is 1. The number of benzene rings is 3. The normalized spacial score (nSPS) is 17.5. The van der Waals surface area contributed by atoms with E-state index in [0.717, 1.165) is 21.0 Å². The molecular formula is C33H39N5O7S. The van der Waals surface area contributed by atoms with Crippen LogP contribution in [0.2, 0.25) is 0 Å². The molecule has 46 heavy (non-hydrogen) atoms. The minimum absolute atomic E-state index is 0.0145. The van der Waals surface area contributed by atoms with Crippen molar-refractivity contribution in [2.45, 2.75) is 62.6 Å². The minimum Gasteiger partial charge on any atom is -0.497 e. The summed E-state index contributed by atoms with van der Waals surface area (Å²) in [4.78, 5) is 12.6. The SMILES string of the molecule is COc1ccc(S(=O)(=O)N(CC(C)C)[C@@H](O)[C@H](Cc2ccccc2)n2cc(COC(=O)N[C@H]3Cc4ccccc4[C@H]3O)nn2)cc1.